The molecule has 0 radical (unpaired) electrons. The molecule has 1 aromatic rings. The van der Waals surface area contributed by atoms with Gasteiger partial charge in [-0.2, -0.15) is 0 Å². The quantitative estimate of drug-likeness (QED) is 0.581. The molecule has 1 aromatic carbocycles. The number of carbonyl (C=O) groups excluding carboxylic acids is 2. The van der Waals surface area contributed by atoms with E-state index >= 15 is 0 Å². The largest absolute Gasteiger partial charge is 0.395 e. The van der Waals surface area contributed by atoms with Crippen LogP contribution >= 0.6 is 0 Å². The van der Waals surface area contributed by atoms with Crippen LogP contribution in [0, 0.1) is 0 Å². The third-order valence-corrected chi connectivity index (χ3v) is 3.81. The second kappa shape index (κ2) is 8.05. The number of carbonyl (C=O) groups is 2. The molecule has 1 heterocycles. The van der Waals surface area contributed by atoms with E-state index < -0.39 is 6.10 Å². The molecular formula is C16H23N3O4. The average Bonchev–Trinajstić information content (AvgIpc) is 2.87. The van der Waals surface area contributed by atoms with Crippen LogP contribution in [-0.2, 0) is 4.79 Å². The minimum Gasteiger partial charge on any atom is -0.395 e. The monoisotopic (exact) mass is 321 g/mol. The first-order valence-electron chi connectivity index (χ1n) is 7.74. The van der Waals surface area contributed by atoms with Crippen molar-refractivity contribution in [2.24, 2.45) is 0 Å². The highest BCUT2D eigenvalue weighted by atomic mass is 16.3. The van der Waals surface area contributed by atoms with Gasteiger partial charge in [-0.05, 0) is 31.5 Å². The molecule has 2 atom stereocenters. The zero-order chi connectivity index (χ0) is 16.8. The first-order valence-corrected chi connectivity index (χ1v) is 7.74. The van der Waals surface area contributed by atoms with E-state index in [0.717, 1.165) is 0 Å². The van der Waals surface area contributed by atoms with Gasteiger partial charge in [0.1, 0.15) is 0 Å². The van der Waals surface area contributed by atoms with Crippen LogP contribution in [0.5, 0.6) is 0 Å². The van der Waals surface area contributed by atoms with E-state index in [1.165, 1.54) is 0 Å². The van der Waals surface area contributed by atoms with Crippen molar-refractivity contribution < 1.29 is 19.8 Å². The van der Waals surface area contributed by atoms with Gasteiger partial charge in [-0.25, -0.2) is 0 Å². The van der Waals surface area contributed by atoms with Gasteiger partial charge in [0.05, 0.1) is 19.3 Å². The fourth-order valence-corrected chi connectivity index (χ4v) is 2.73. The Hall–Kier alpha value is -1.96. The molecule has 4 N–H and O–H groups in total. The van der Waals surface area contributed by atoms with Crippen LogP contribution in [0.25, 0.3) is 0 Å². The normalized spacial score (nSPS) is 21.2. The smallest absolute Gasteiger partial charge is 0.251 e. The number of amides is 2. The van der Waals surface area contributed by atoms with E-state index in [1.54, 1.807) is 29.2 Å². The Morgan fingerprint density at radius 3 is 2.87 bits per heavy atom. The summed E-state index contributed by atoms with van der Waals surface area (Å²) in [5.74, 6) is -0.433. The van der Waals surface area contributed by atoms with Gasteiger partial charge in [0.2, 0.25) is 5.91 Å². The lowest BCUT2D eigenvalue weighted by molar-refractivity contribution is -0.117. The number of aliphatic hydroxyl groups excluding tert-OH is 2. The zero-order valence-corrected chi connectivity index (χ0v) is 13.2. The standard InChI is InChI=1S/C16H23N3O4/c1-2-17-16(23)11-4-3-5-12(6-11)18-15(22)9-19-8-14(21)7-13(19)10-20/h3-6,13-14,20-21H,2,7-10H2,1H3,(H,17,23)(H,18,22)/t13-,14+/m0/s1. The van der Waals surface area contributed by atoms with Crippen LogP contribution in [0.2, 0.25) is 0 Å². The minimum atomic E-state index is -0.513. The number of aliphatic hydroxyl groups is 2. The predicted molar refractivity (Wildman–Crippen MR) is 86.1 cm³/mol. The molecule has 7 nitrogen and oxygen atoms in total. The van der Waals surface area contributed by atoms with Gasteiger partial charge >= 0.3 is 0 Å². The number of nitrogens with one attached hydrogen (secondary N) is 2. The number of hydrogen-bond donors (Lipinski definition) is 4. The Morgan fingerprint density at radius 1 is 1.39 bits per heavy atom. The van der Waals surface area contributed by atoms with Crippen LogP contribution in [0.3, 0.4) is 0 Å². The molecule has 1 fully saturated rings. The van der Waals surface area contributed by atoms with E-state index in [1.807, 2.05) is 6.92 Å². The van der Waals surface area contributed by atoms with Crippen molar-refractivity contribution in [3.05, 3.63) is 29.8 Å². The lowest BCUT2D eigenvalue weighted by atomic mass is 10.2. The topological polar surface area (TPSA) is 102 Å². The van der Waals surface area contributed by atoms with Gasteiger partial charge in [-0.3, -0.25) is 14.5 Å². The van der Waals surface area contributed by atoms with Crippen molar-refractivity contribution in [1.29, 1.82) is 0 Å². The van der Waals surface area contributed by atoms with E-state index in [4.69, 9.17) is 0 Å². The molecule has 1 aliphatic rings. The fraction of sp³-hybridized carbons (Fsp3) is 0.500. The summed E-state index contributed by atoms with van der Waals surface area (Å²) in [4.78, 5) is 25.7. The van der Waals surface area contributed by atoms with Gasteiger partial charge in [0.25, 0.3) is 5.91 Å². The van der Waals surface area contributed by atoms with Crippen LogP contribution in [0.15, 0.2) is 24.3 Å². The molecule has 1 aliphatic heterocycles. The molecule has 0 spiro atoms. The summed E-state index contributed by atoms with van der Waals surface area (Å²) >= 11 is 0. The molecule has 0 bridgehead atoms. The number of anilines is 1. The van der Waals surface area contributed by atoms with Gasteiger partial charge < -0.3 is 20.8 Å². The van der Waals surface area contributed by atoms with Gasteiger partial charge in [0.15, 0.2) is 0 Å². The fourth-order valence-electron chi connectivity index (χ4n) is 2.73. The Bertz CT molecular complexity index is 564. The van der Waals surface area contributed by atoms with Crippen molar-refractivity contribution in [2.75, 3.05) is 31.6 Å². The Morgan fingerprint density at radius 2 is 2.17 bits per heavy atom. The number of β-amino-alcohol motifs (C(OH)–C–C–N with tert-alkyl or cyclic N) is 1. The molecule has 2 rings (SSSR count). The SMILES string of the molecule is CCNC(=O)c1cccc(NC(=O)CN2C[C@H](O)C[C@H]2CO)c1. The van der Waals surface area contributed by atoms with E-state index in [0.29, 0.717) is 30.8 Å². The molecule has 0 aromatic heterocycles. The molecule has 7 heteroatoms. The summed E-state index contributed by atoms with van der Waals surface area (Å²) in [6, 6.07) is 6.52. The molecule has 23 heavy (non-hydrogen) atoms. The predicted octanol–water partition coefficient (Wildman–Crippen LogP) is -0.198. The number of nitrogens with zero attached hydrogens (tertiary/aromatic N) is 1. The molecule has 0 unspecified atom stereocenters. The maximum absolute atomic E-state index is 12.1. The maximum Gasteiger partial charge on any atom is 0.251 e. The summed E-state index contributed by atoms with van der Waals surface area (Å²) in [7, 11) is 0. The highest BCUT2D eigenvalue weighted by Gasteiger charge is 2.31. The van der Waals surface area contributed by atoms with E-state index in [2.05, 4.69) is 10.6 Å². The van der Waals surface area contributed by atoms with E-state index in [-0.39, 0.29) is 31.0 Å². The molecule has 2 amide bonds. The highest BCUT2D eigenvalue weighted by molar-refractivity contribution is 5.97. The van der Waals surface area contributed by atoms with Gasteiger partial charge in [-0.1, -0.05) is 6.07 Å². The van der Waals surface area contributed by atoms with Crippen LogP contribution in [0.1, 0.15) is 23.7 Å². The van der Waals surface area contributed by atoms with Crippen LogP contribution in [-0.4, -0.2) is 65.3 Å². The number of hydrogen-bond acceptors (Lipinski definition) is 5. The summed E-state index contributed by atoms with van der Waals surface area (Å²) in [5, 5.41) is 24.3. The number of benzene rings is 1. The van der Waals surface area contributed by atoms with Crippen LogP contribution in [0.4, 0.5) is 5.69 Å². The van der Waals surface area contributed by atoms with Crippen molar-refractivity contribution in [3.8, 4) is 0 Å². The summed E-state index contributed by atoms with van der Waals surface area (Å²) in [6.45, 7) is 2.75. The summed E-state index contributed by atoms with van der Waals surface area (Å²) in [6.07, 6.45) is -0.0442. The third-order valence-electron chi connectivity index (χ3n) is 3.81. The zero-order valence-electron chi connectivity index (χ0n) is 13.2. The molecule has 126 valence electrons. The van der Waals surface area contributed by atoms with Crippen LogP contribution < -0.4 is 10.6 Å². The number of likely N-dealkylation sites (tertiary alicyclic amines) is 1. The lowest BCUT2D eigenvalue weighted by Crippen LogP contribution is -2.38. The van der Waals surface area contributed by atoms with Crippen molar-refractivity contribution in [2.45, 2.75) is 25.5 Å². The van der Waals surface area contributed by atoms with Crippen molar-refractivity contribution in [1.82, 2.24) is 10.2 Å². The maximum atomic E-state index is 12.1. The minimum absolute atomic E-state index is 0.0863. The average molecular weight is 321 g/mol. The number of rotatable bonds is 6. The molecule has 1 saturated heterocycles. The molecular weight excluding hydrogens is 298 g/mol. The molecule has 0 saturated carbocycles. The van der Waals surface area contributed by atoms with E-state index in [9.17, 15) is 19.8 Å². The van der Waals surface area contributed by atoms with Crippen molar-refractivity contribution in [3.63, 3.8) is 0 Å². The van der Waals surface area contributed by atoms with Crippen molar-refractivity contribution >= 4 is 17.5 Å². The summed E-state index contributed by atoms with van der Waals surface area (Å²) in [5.41, 5.74) is 1.02. The third kappa shape index (κ3) is 4.75. The van der Waals surface area contributed by atoms with Gasteiger partial charge in [-0.15, -0.1) is 0 Å². The Kier molecular flexibility index (Phi) is 6.09. The molecule has 0 aliphatic carbocycles. The Balaban J connectivity index is 1.95. The second-order valence-corrected chi connectivity index (χ2v) is 5.64. The first-order chi connectivity index (χ1) is 11.0. The summed E-state index contributed by atoms with van der Waals surface area (Å²) < 4.78 is 0. The second-order valence-electron chi connectivity index (χ2n) is 5.64. The lowest BCUT2D eigenvalue weighted by Gasteiger charge is -2.21. The highest BCUT2D eigenvalue weighted by Crippen LogP contribution is 2.17. The first kappa shape index (κ1) is 17.4. The van der Waals surface area contributed by atoms with Gasteiger partial charge in [0, 0.05) is 30.4 Å². The Labute approximate surface area is 135 Å².